The van der Waals surface area contributed by atoms with Crippen molar-refractivity contribution >= 4 is 0 Å². The maximum Gasteiger partial charge on any atom is 0.129 e. The van der Waals surface area contributed by atoms with Gasteiger partial charge in [-0.15, -0.1) is 0 Å². The first-order valence-electron chi connectivity index (χ1n) is 8.91. The van der Waals surface area contributed by atoms with E-state index in [4.69, 9.17) is 9.15 Å². The molecule has 1 saturated carbocycles. The van der Waals surface area contributed by atoms with E-state index in [2.05, 4.69) is 17.0 Å². The van der Waals surface area contributed by atoms with Crippen LogP contribution in [0.15, 0.2) is 40.8 Å². The van der Waals surface area contributed by atoms with Crippen molar-refractivity contribution in [3.8, 4) is 5.75 Å². The number of rotatable bonds is 7. The summed E-state index contributed by atoms with van der Waals surface area (Å²) in [5, 5.41) is 19.0. The normalized spacial score (nSPS) is 20.8. The molecule has 3 rings (SSSR count). The van der Waals surface area contributed by atoms with Crippen molar-refractivity contribution in [2.24, 2.45) is 0 Å². The molecule has 1 fully saturated rings. The molecule has 0 radical (unpaired) electrons. The highest BCUT2D eigenvalue weighted by Gasteiger charge is 2.26. The molecule has 0 spiro atoms. The second kappa shape index (κ2) is 8.52. The molecule has 1 aliphatic carbocycles. The van der Waals surface area contributed by atoms with E-state index in [9.17, 15) is 10.2 Å². The topological polar surface area (TPSA) is 66.1 Å². The summed E-state index contributed by atoms with van der Waals surface area (Å²) in [6.45, 7) is 1.41. The zero-order valence-electron chi connectivity index (χ0n) is 14.7. The van der Waals surface area contributed by atoms with E-state index in [0.717, 1.165) is 43.7 Å². The van der Waals surface area contributed by atoms with Gasteiger partial charge in [0, 0.05) is 12.6 Å². The Balaban J connectivity index is 1.75. The molecule has 5 nitrogen and oxygen atoms in total. The van der Waals surface area contributed by atoms with Gasteiger partial charge in [-0.3, -0.25) is 4.90 Å². The van der Waals surface area contributed by atoms with Crippen molar-refractivity contribution in [2.45, 2.75) is 57.5 Å². The van der Waals surface area contributed by atoms with Gasteiger partial charge < -0.3 is 19.4 Å². The summed E-state index contributed by atoms with van der Waals surface area (Å²) in [5.41, 5.74) is 1.19. The van der Waals surface area contributed by atoms with Crippen LogP contribution in [0.2, 0.25) is 0 Å². The monoisotopic (exact) mass is 345 g/mol. The van der Waals surface area contributed by atoms with Crippen LogP contribution in [-0.2, 0) is 19.7 Å². The molecule has 1 aliphatic rings. The molecule has 2 N–H and O–H groups in total. The smallest absolute Gasteiger partial charge is 0.129 e. The quantitative estimate of drug-likeness (QED) is 0.807. The minimum Gasteiger partial charge on any atom is -0.497 e. The van der Waals surface area contributed by atoms with Gasteiger partial charge in [-0.2, -0.15) is 0 Å². The average Bonchev–Trinajstić information content (AvgIpc) is 3.10. The lowest BCUT2D eigenvalue weighted by molar-refractivity contribution is 0.0628. The first kappa shape index (κ1) is 18.0. The molecule has 25 heavy (non-hydrogen) atoms. The molecular formula is C20H27NO4. The van der Waals surface area contributed by atoms with Crippen molar-refractivity contribution in [3.63, 3.8) is 0 Å². The molecule has 0 unspecified atom stereocenters. The van der Waals surface area contributed by atoms with Crippen LogP contribution in [0.4, 0.5) is 0 Å². The van der Waals surface area contributed by atoms with Gasteiger partial charge >= 0.3 is 0 Å². The Hall–Kier alpha value is -1.82. The Morgan fingerprint density at radius 3 is 2.52 bits per heavy atom. The van der Waals surface area contributed by atoms with Crippen molar-refractivity contribution in [3.05, 3.63) is 53.5 Å². The van der Waals surface area contributed by atoms with Crippen LogP contribution in [0.3, 0.4) is 0 Å². The maximum absolute atomic E-state index is 9.81. The van der Waals surface area contributed by atoms with Crippen LogP contribution >= 0.6 is 0 Å². The summed E-state index contributed by atoms with van der Waals surface area (Å²) in [6, 6.07) is 12.3. The number of aliphatic hydroxyl groups is 2. The molecule has 136 valence electrons. The highest BCUT2D eigenvalue weighted by Crippen LogP contribution is 2.27. The third kappa shape index (κ3) is 4.84. The first-order chi connectivity index (χ1) is 12.2. The van der Waals surface area contributed by atoms with Crippen LogP contribution in [0.1, 0.15) is 42.8 Å². The molecule has 0 amide bonds. The minimum absolute atomic E-state index is 0.0779. The second-order valence-corrected chi connectivity index (χ2v) is 6.74. The maximum atomic E-state index is 9.81. The molecule has 0 bridgehead atoms. The van der Waals surface area contributed by atoms with Gasteiger partial charge in [0.05, 0.1) is 19.8 Å². The fourth-order valence-corrected chi connectivity index (χ4v) is 3.54. The van der Waals surface area contributed by atoms with Gasteiger partial charge in [-0.05, 0) is 55.5 Å². The standard InChI is InChI=1S/C20H27NO4/c1-24-18-4-2-3-15(11-18)12-21(16-5-7-17(23)8-6-16)13-19-9-10-20(14-22)25-19/h2-4,9-11,16-17,22-23H,5-8,12-14H2,1H3. The number of hydrogen-bond acceptors (Lipinski definition) is 5. The minimum atomic E-state index is -0.167. The van der Waals surface area contributed by atoms with Crippen molar-refractivity contribution in [1.29, 1.82) is 0 Å². The van der Waals surface area contributed by atoms with Gasteiger partial charge in [-0.1, -0.05) is 12.1 Å². The Kier molecular flexibility index (Phi) is 6.13. The third-order valence-corrected chi connectivity index (χ3v) is 4.93. The zero-order chi connectivity index (χ0) is 17.6. The predicted octanol–water partition coefficient (Wildman–Crippen LogP) is 3.09. The van der Waals surface area contributed by atoms with Gasteiger partial charge in [0.2, 0.25) is 0 Å². The molecular weight excluding hydrogens is 318 g/mol. The number of methoxy groups -OCH3 is 1. The van der Waals surface area contributed by atoms with Crippen LogP contribution in [0.5, 0.6) is 5.75 Å². The van der Waals surface area contributed by atoms with Gasteiger partial charge in [0.25, 0.3) is 0 Å². The van der Waals surface area contributed by atoms with E-state index in [-0.39, 0.29) is 12.7 Å². The predicted molar refractivity (Wildman–Crippen MR) is 95.1 cm³/mol. The lowest BCUT2D eigenvalue weighted by atomic mass is 9.91. The molecule has 0 atom stereocenters. The summed E-state index contributed by atoms with van der Waals surface area (Å²) in [7, 11) is 1.68. The fourth-order valence-electron chi connectivity index (χ4n) is 3.54. The molecule has 1 heterocycles. The van der Waals surface area contributed by atoms with Crippen LogP contribution < -0.4 is 4.74 Å². The van der Waals surface area contributed by atoms with Gasteiger partial charge in [0.15, 0.2) is 0 Å². The highest BCUT2D eigenvalue weighted by atomic mass is 16.5. The molecule has 2 aromatic rings. The number of aliphatic hydroxyl groups excluding tert-OH is 2. The van der Waals surface area contributed by atoms with Crippen molar-refractivity contribution in [1.82, 2.24) is 4.90 Å². The van der Waals surface area contributed by atoms with E-state index in [1.54, 1.807) is 7.11 Å². The lowest BCUT2D eigenvalue weighted by Crippen LogP contribution is -2.38. The second-order valence-electron chi connectivity index (χ2n) is 6.74. The molecule has 5 heteroatoms. The van der Waals surface area contributed by atoms with Crippen molar-refractivity contribution in [2.75, 3.05) is 7.11 Å². The lowest BCUT2D eigenvalue weighted by Gasteiger charge is -2.35. The van der Waals surface area contributed by atoms with Gasteiger partial charge in [0.1, 0.15) is 23.9 Å². The molecule has 0 saturated heterocycles. The average molecular weight is 345 g/mol. The fraction of sp³-hybridized carbons (Fsp3) is 0.500. The number of furan rings is 1. The van der Waals surface area contributed by atoms with Crippen LogP contribution in [-0.4, -0.2) is 34.4 Å². The van der Waals surface area contributed by atoms with Gasteiger partial charge in [-0.25, -0.2) is 0 Å². The zero-order valence-corrected chi connectivity index (χ0v) is 14.7. The number of hydrogen-bond donors (Lipinski definition) is 2. The summed E-state index contributed by atoms with van der Waals surface area (Å²) in [6.07, 6.45) is 3.50. The summed E-state index contributed by atoms with van der Waals surface area (Å²) in [5.74, 6) is 2.31. The molecule has 1 aromatic heterocycles. The Bertz CT molecular complexity index is 661. The Morgan fingerprint density at radius 2 is 1.84 bits per heavy atom. The first-order valence-corrected chi connectivity index (χ1v) is 8.91. The molecule has 1 aromatic carbocycles. The van der Waals surface area contributed by atoms with E-state index < -0.39 is 0 Å². The van der Waals surface area contributed by atoms with E-state index in [0.29, 0.717) is 18.3 Å². The van der Waals surface area contributed by atoms with Crippen LogP contribution in [0.25, 0.3) is 0 Å². The number of benzene rings is 1. The largest absolute Gasteiger partial charge is 0.497 e. The van der Waals surface area contributed by atoms with E-state index in [1.807, 2.05) is 24.3 Å². The van der Waals surface area contributed by atoms with Crippen LogP contribution in [0, 0.1) is 0 Å². The Morgan fingerprint density at radius 1 is 1.08 bits per heavy atom. The highest BCUT2D eigenvalue weighted by molar-refractivity contribution is 5.28. The van der Waals surface area contributed by atoms with E-state index in [1.165, 1.54) is 5.56 Å². The SMILES string of the molecule is COc1cccc(CN(Cc2ccc(CO)o2)C2CCC(O)CC2)c1. The summed E-state index contributed by atoms with van der Waals surface area (Å²) in [4.78, 5) is 2.40. The molecule has 0 aliphatic heterocycles. The summed E-state index contributed by atoms with van der Waals surface area (Å²) >= 11 is 0. The van der Waals surface area contributed by atoms with E-state index >= 15 is 0 Å². The number of ether oxygens (including phenoxy) is 1. The van der Waals surface area contributed by atoms with Crippen molar-refractivity contribution < 1.29 is 19.4 Å². The number of nitrogens with zero attached hydrogens (tertiary/aromatic N) is 1. The summed E-state index contributed by atoms with van der Waals surface area (Å²) < 4.78 is 11.0. The Labute approximate surface area is 148 Å². The third-order valence-electron chi connectivity index (χ3n) is 4.93.